The van der Waals surface area contributed by atoms with Gasteiger partial charge in [0.15, 0.2) is 0 Å². The van der Waals surface area contributed by atoms with Gasteiger partial charge in [0.2, 0.25) is 0 Å². The van der Waals surface area contributed by atoms with E-state index in [9.17, 15) is 4.79 Å². The molecule has 1 aromatic carbocycles. The van der Waals surface area contributed by atoms with Crippen LogP contribution in [0.15, 0.2) is 24.3 Å². The van der Waals surface area contributed by atoms with Gasteiger partial charge in [-0.1, -0.05) is 48.5 Å². The minimum absolute atomic E-state index is 0.450. The van der Waals surface area contributed by atoms with E-state index in [1.54, 1.807) is 0 Å². The smallest absolute Gasteiger partial charge is 0.145 e. The van der Waals surface area contributed by atoms with Crippen LogP contribution in [0.5, 0.6) is 0 Å². The normalized spacial score (nSPS) is 12.5. The maximum atomic E-state index is 11.5. The molecule has 0 aliphatic carbocycles. The van der Waals surface area contributed by atoms with Gasteiger partial charge in [0.1, 0.15) is 14.2 Å². The summed E-state index contributed by atoms with van der Waals surface area (Å²) in [5.74, 6) is 0. The van der Waals surface area contributed by atoms with Crippen LogP contribution in [0.3, 0.4) is 0 Å². The standard InChI is InChI=1S/C11H16OSi/c1-4-11(12)13(3)10-7-5-6-9(2)8-10/h5-8,13H,4H2,1-3H3. The summed E-state index contributed by atoms with van der Waals surface area (Å²) in [5, 5.41) is 1.72. The number of rotatable bonds is 3. The van der Waals surface area contributed by atoms with Crippen LogP contribution in [0.4, 0.5) is 0 Å². The van der Waals surface area contributed by atoms with Crippen LogP contribution >= 0.6 is 0 Å². The van der Waals surface area contributed by atoms with Crippen molar-refractivity contribution in [2.24, 2.45) is 0 Å². The minimum atomic E-state index is -1.32. The summed E-state index contributed by atoms with van der Waals surface area (Å²) in [6.45, 7) is 6.13. The average molecular weight is 192 g/mol. The van der Waals surface area contributed by atoms with Gasteiger partial charge in [0.05, 0.1) is 0 Å². The molecule has 2 heteroatoms. The van der Waals surface area contributed by atoms with Crippen LogP contribution < -0.4 is 5.19 Å². The molecule has 0 aliphatic heterocycles. The van der Waals surface area contributed by atoms with Crippen molar-refractivity contribution in [2.75, 3.05) is 0 Å². The molecule has 0 spiro atoms. The summed E-state index contributed by atoms with van der Waals surface area (Å²) in [6.07, 6.45) is 0.682. The monoisotopic (exact) mass is 192 g/mol. The van der Waals surface area contributed by atoms with Gasteiger partial charge < -0.3 is 4.79 Å². The molecule has 0 amide bonds. The summed E-state index contributed by atoms with van der Waals surface area (Å²) >= 11 is 0. The summed E-state index contributed by atoms with van der Waals surface area (Å²) < 4.78 is 0. The maximum Gasteiger partial charge on any atom is 0.145 e. The molecule has 0 aliphatic rings. The molecule has 0 saturated heterocycles. The van der Waals surface area contributed by atoms with Crippen LogP contribution in [0.25, 0.3) is 0 Å². The van der Waals surface area contributed by atoms with Gasteiger partial charge in [-0.15, -0.1) is 0 Å². The third-order valence-electron chi connectivity index (χ3n) is 2.37. The Labute approximate surface area is 81.4 Å². The summed E-state index contributed by atoms with van der Waals surface area (Å²) in [6, 6.07) is 8.33. The molecule has 0 N–H and O–H groups in total. The first-order chi connectivity index (χ1) is 6.15. The lowest BCUT2D eigenvalue weighted by molar-refractivity contribution is -0.111. The number of carbonyl (C=O) groups excluding carboxylic acids is 1. The van der Waals surface area contributed by atoms with Crippen LogP contribution in [0.2, 0.25) is 6.55 Å². The molecule has 1 atom stereocenters. The minimum Gasteiger partial charge on any atom is -0.305 e. The quantitative estimate of drug-likeness (QED) is 0.665. The Morgan fingerprint density at radius 3 is 2.69 bits per heavy atom. The van der Waals surface area contributed by atoms with E-state index in [0.29, 0.717) is 11.8 Å². The first kappa shape index (κ1) is 10.2. The molecule has 1 nitrogen and oxygen atoms in total. The van der Waals surface area contributed by atoms with Crippen molar-refractivity contribution >= 4 is 19.4 Å². The topological polar surface area (TPSA) is 17.1 Å². The second kappa shape index (κ2) is 4.37. The number of hydrogen-bond donors (Lipinski definition) is 0. The maximum absolute atomic E-state index is 11.5. The Balaban J connectivity index is 2.88. The Morgan fingerprint density at radius 1 is 1.46 bits per heavy atom. The zero-order valence-corrected chi connectivity index (χ0v) is 9.66. The summed E-state index contributed by atoms with van der Waals surface area (Å²) in [7, 11) is -1.32. The fourth-order valence-corrected chi connectivity index (χ4v) is 3.33. The van der Waals surface area contributed by atoms with E-state index in [0.717, 1.165) is 0 Å². The van der Waals surface area contributed by atoms with Crippen LogP contribution in [0, 0.1) is 6.92 Å². The second-order valence-corrected chi connectivity index (χ2v) is 6.21. The number of aryl methyl sites for hydroxylation is 1. The third-order valence-corrected chi connectivity index (χ3v) is 5.11. The molecule has 0 fully saturated rings. The molecule has 0 saturated carbocycles. The van der Waals surface area contributed by atoms with Gasteiger partial charge >= 0.3 is 0 Å². The van der Waals surface area contributed by atoms with E-state index in [1.807, 2.05) is 13.0 Å². The van der Waals surface area contributed by atoms with Crippen molar-refractivity contribution < 1.29 is 4.79 Å². The van der Waals surface area contributed by atoms with Crippen molar-refractivity contribution in [2.45, 2.75) is 26.8 Å². The molecule has 0 bridgehead atoms. The molecule has 0 aromatic heterocycles. The van der Waals surface area contributed by atoms with E-state index in [-0.39, 0.29) is 0 Å². The predicted octanol–water partition coefficient (Wildman–Crippen LogP) is 1.58. The number of benzene rings is 1. The van der Waals surface area contributed by atoms with Crippen molar-refractivity contribution in [1.82, 2.24) is 0 Å². The zero-order valence-electron chi connectivity index (χ0n) is 8.50. The molecular weight excluding hydrogens is 176 g/mol. The second-order valence-electron chi connectivity index (χ2n) is 3.46. The van der Waals surface area contributed by atoms with E-state index in [4.69, 9.17) is 0 Å². The highest BCUT2D eigenvalue weighted by Gasteiger charge is 2.14. The van der Waals surface area contributed by atoms with Gasteiger partial charge in [0, 0.05) is 0 Å². The fourth-order valence-electron chi connectivity index (χ4n) is 1.43. The van der Waals surface area contributed by atoms with Gasteiger partial charge in [-0.25, -0.2) is 0 Å². The Hall–Kier alpha value is -0.893. The fraction of sp³-hybridized carbons (Fsp3) is 0.364. The summed E-state index contributed by atoms with van der Waals surface area (Å²) in [5.41, 5.74) is 1.25. The average Bonchev–Trinajstić information content (AvgIpc) is 2.15. The lowest BCUT2D eigenvalue weighted by Crippen LogP contribution is -2.35. The summed E-state index contributed by atoms with van der Waals surface area (Å²) in [4.78, 5) is 11.5. The highest BCUT2D eigenvalue weighted by molar-refractivity contribution is 6.98. The molecule has 70 valence electrons. The largest absolute Gasteiger partial charge is 0.305 e. The highest BCUT2D eigenvalue weighted by atomic mass is 28.3. The zero-order chi connectivity index (χ0) is 9.84. The molecule has 1 aromatic rings. The van der Waals surface area contributed by atoms with E-state index in [1.165, 1.54) is 10.8 Å². The van der Waals surface area contributed by atoms with Gasteiger partial charge in [-0.2, -0.15) is 0 Å². The Kier molecular flexibility index (Phi) is 3.43. The van der Waals surface area contributed by atoms with Gasteiger partial charge in [-0.05, 0) is 13.3 Å². The first-order valence-corrected chi connectivity index (χ1v) is 7.05. The molecule has 1 unspecified atom stereocenters. The molecular formula is C11H16OSi. The van der Waals surface area contributed by atoms with Crippen LogP contribution in [0.1, 0.15) is 18.9 Å². The van der Waals surface area contributed by atoms with Gasteiger partial charge in [0.25, 0.3) is 0 Å². The van der Waals surface area contributed by atoms with Gasteiger partial charge in [-0.3, -0.25) is 0 Å². The third kappa shape index (κ3) is 2.52. The first-order valence-electron chi connectivity index (χ1n) is 4.74. The van der Waals surface area contributed by atoms with Crippen molar-refractivity contribution in [3.8, 4) is 0 Å². The Bertz CT molecular complexity index is 307. The van der Waals surface area contributed by atoms with E-state index >= 15 is 0 Å². The highest BCUT2D eigenvalue weighted by Crippen LogP contribution is 1.97. The lowest BCUT2D eigenvalue weighted by atomic mass is 10.2. The van der Waals surface area contributed by atoms with Crippen molar-refractivity contribution in [3.63, 3.8) is 0 Å². The van der Waals surface area contributed by atoms with Crippen LogP contribution in [-0.2, 0) is 4.79 Å². The molecule has 0 radical (unpaired) electrons. The van der Waals surface area contributed by atoms with Crippen molar-refractivity contribution in [3.05, 3.63) is 29.8 Å². The van der Waals surface area contributed by atoms with Crippen LogP contribution in [-0.4, -0.2) is 14.2 Å². The SMILES string of the molecule is CCC(=O)[SiH](C)c1cccc(C)c1. The molecule has 1 rings (SSSR count). The van der Waals surface area contributed by atoms with E-state index in [2.05, 4.69) is 31.7 Å². The lowest BCUT2D eigenvalue weighted by Gasteiger charge is -2.07. The van der Waals surface area contributed by atoms with Crippen molar-refractivity contribution in [1.29, 1.82) is 0 Å². The molecule has 0 heterocycles. The molecule has 13 heavy (non-hydrogen) atoms. The number of hydrogen-bond acceptors (Lipinski definition) is 1. The predicted molar refractivity (Wildman–Crippen MR) is 59.1 cm³/mol. The van der Waals surface area contributed by atoms with E-state index < -0.39 is 8.80 Å². The Morgan fingerprint density at radius 2 is 2.15 bits per heavy atom. The number of carbonyl (C=O) groups is 1.